The Kier molecular flexibility index (Phi) is 3.09. The second-order valence-corrected chi connectivity index (χ2v) is 7.26. The summed E-state index contributed by atoms with van der Waals surface area (Å²) in [7, 11) is -4.72. The quantitative estimate of drug-likeness (QED) is 0.584. The van der Waals surface area contributed by atoms with E-state index in [0.717, 1.165) is 6.08 Å². The highest BCUT2D eigenvalue weighted by Crippen LogP contribution is 2.53. The summed E-state index contributed by atoms with van der Waals surface area (Å²) in [6.45, 7) is 0. The van der Waals surface area contributed by atoms with E-state index in [4.69, 9.17) is 32.9 Å². The van der Waals surface area contributed by atoms with Crippen molar-refractivity contribution in [3.8, 4) is 0 Å². The summed E-state index contributed by atoms with van der Waals surface area (Å²) in [4.78, 5) is 10.6. The van der Waals surface area contributed by atoms with Crippen molar-refractivity contribution < 1.29 is 22.9 Å². The van der Waals surface area contributed by atoms with Gasteiger partial charge in [0.25, 0.3) is 10.1 Å². The van der Waals surface area contributed by atoms with Gasteiger partial charge in [-0.15, -0.1) is 0 Å². The van der Waals surface area contributed by atoms with Crippen LogP contribution in [0.2, 0.25) is 0 Å². The third-order valence-corrected chi connectivity index (χ3v) is 5.64. The maximum absolute atomic E-state index is 10.9. The van der Waals surface area contributed by atoms with Crippen LogP contribution in [0.15, 0.2) is 10.4 Å². The molecule has 0 aromatic heterocycles. The Morgan fingerprint density at radius 2 is 2.14 bits per heavy atom. The standard InChI is InChI=1S/C5H4Cl2O5S2/c6-3-1-2(4(8)9)5(7,13-3)14(10,11)12/h1-2H,(H,8,9)(H,10,11,12). The molecule has 1 heterocycles. The maximum Gasteiger partial charge on any atom is 0.314 e. The van der Waals surface area contributed by atoms with Crippen molar-refractivity contribution in [3.05, 3.63) is 10.4 Å². The minimum atomic E-state index is -4.72. The summed E-state index contributed by atoms with van der Waals surface area (Å²) in [5.41, 5.74) is 0. The molecule has 0 aliphatic carbocycles. The van der Waals surface area contributed by atoms with Crippen LogP contribution in [0.5, 0.6) is 0 Å². The minimum absolute atomic E-state index is 0.0787. The predicted octanol–water partition coefficient (Wildman–Crippen LogP) is 1.29. The lowest BCUT2D eigenvalue weighted by Gasteiger charge is -2.20. The molecule has 2 unspecified atom stereocenters. The molecule has 0 aromatic carbocycles. The summed E-state index contributed by atoms with van der Waals surface area (Å²) in [6, 6.07) is 0. The SMILES string of the molecule is O=C(O)C1C=C(Cl)SC1(Cl)S(=O)(=O)O. The molecule has 0 aromatic rings. The van der Waals surface area contributed by atoms with Crippen molar-refractivity contribution in [2.45, 2.75) is 3.54 Å². The van der Waals surface area contributed by atoms with E-state index in [2.05, 4.69) is 0 Å². The largest absolute Gasteiger partial charge is 0.481 e. The van der Waals surface area contributed by atoms with Gasteiger partial charge in [0.15, 0.2) is 0 Å². The molecule has 2 atom stereocenters. The lowest BCUT2D eigenvalue weighted by atomic mass is 10.2. The second-order valence-electron chi connectivity index (χ2n) is 2.45. The maximum atomic E-state index is 10.9. The number of aliphatic carboxylic acids is 1. The highest BCUT2D eigenvalue weighted by molar-refractivity contribution is 8.18. The number of hydrogen-bond donors (Lipinski definition) is 2. The molecule has 5 nitrogen and oxygen atoms in total. The highest BCUT2D eigenvalue weighted by atomic mass is 35.5. The molecule has 0 saturated carbocycles. The van der Waals surface area contributed by atoms with E-state index in [1.165, 1.54) is 0 Å². The Morgan fingerprint density at radius 3 is 2.43 bits per heavy atom. The van der Waals surface area contributed by atoms with Gasteiger partial charge in [-0.2, -0.15) is 8.42 Å². The molecule has 0 spiro atoms. The van der Waals surface area contributed by atoms with Gasteiger partial charge in [0.2, 0.25) is 3.54 Å². The van der Waals surface area contributed by atoms with E-state index in [0.29, 0.717) is 11.8 Å². The van der Waals surface area contributed by atoms with Crippen molar-refractivity contribution in [3.63, 3.8) is 0 Å². The van der Waals surface area contributed by atoms with Gasteiger partial charge in [-0.05, 0) is 6.08 Å². The Labute approximate surface area is 93.8 Å². The van der Waals surface area contributed by atoms with Crippen LogP contribution in [0.3, 0.4) is 0 Å². The zero-order valence-corrected chi connectivity index (χ0v) is 9.49. The smallest absolute Gasteiger partial charge is 0.314 e. The van der Waals surface area contributed by atoms with Crippen LogP contribution in [-0.2, 0) is 14.9 Å². The highest BCUT2D eigenvalue weighted by Gasteiger charge is 2.56. The number of halogens is 2. The molecule has 0 saturated heterocycles. The van der Waals surface area contributed by atoms with E-state index in [9.17, 15) is 13.2 Å². The molecule has 0 fully saturated rings. The number of alkyl halides is 1. The predicted molar refractivity (Wildman–Crippen MR) is 52.8 cm³/mol. The van der Waals surface area contributed by atoms with Gasteiger partial charge < -0.3 is 5.11 Å². The number of carboxylic acid groups (broad SMARTS) is 1. The fourth-order valence-corrected chi connectivity index (χ4v) is 3.99. The normalized spacial score (nSPS) is 32.8. The monoisotopic (exact) mass is 278 g/mol. The topological polar surface area (TPSA) is 91.7 Å². The molecule has 14 heavy (non-hydrogen) atoms. The Bertz CT molecular complexity index is 402. The van der Waals surface area contributed by atoms with Gasteiger partial charge in [0, 0.05) is 0 Å². The van der Waals surface area contributed by atoms with E-state index in [-0.39, 0.29) is 4.36 Å². The number of carbonyl (C=O) groups is 1. The third kappa shape index (κ3) is 1.87. The average Bonchev–Trinajstić information content (AvgIpc) is 2.25. The first kappa shape index (κ1) is 12.1. The zero-order valence-electron chi connectivity index (χ0n) is 6.35. The summed E-state index contributed by atoms with van der Waals surface area (Å²) in [5.74, 6) is -3.04. The van der Waals surface area contributed by atoms with Gasteiger partial charge in [-0.25, -0.2) is 0 Å². The van der Waals surface area contributed by atoms with Crippen molar-refractivity contribution in [2.75, 3.05) is 0 Å². The van der Waals surface area contributed by atoms with Gasteiger partial charge >= 0.3 is 5.97 Å². The van der Waals surface area contributed by atoms with E-state index in [1.54, 1.807) is 0 Å². The second kappa shape index (κ2) is 3.57. The fourth-order valence-electron chi connectivity index (χ4n) is 0.893. The number of thioether (sulfide) groups is 1. The van der Waals surface area contributed by atoms with Crippen molar-refractivity contribution in [1.29, 1.82) is 0 Å². The Balaban J connectivity index is 3.22. The minimum Gasteiger partial charge on any atom is -0.481 e. The van der Waals surface area contributed by atoms with Gasteiger partial charge in [-0.1, -0.05) is 35.0 Å². The molecule has 0 amide bonds. The molecule has 1 rings (SSSR count). The molecule has 1 aliphatic heterocycles. The molecule has 0 radical (unpaired) electrons. The lowest BCUT2D eigenvalue weighted by Crippen LogP contribution is -2.37. The molecule has 1 aliphatic rings. The van der Waals surface area contributed by atoms with Crippen LogP contribution in [-0.4, -0.2) is 27.6 Å². The Hall–Kier alpha value is 0.0500. The molecular formula is C5H4Cl2O5S2. The summed E-state index contributed by atoms with van der Waals surface area (Å²) >= 11 is 11.3. The van der Waals surface area contributed by atoms with E-state index in [1.807, 2.05) is 0 Å². The first-order valence-corrected chi connectivity index (χ1v) is 6.15. The van der Waals surface area contributed by atoms with Crippen LogP contribution >= 0.6 is 35.0 Å². The Morgan fingerprint density at radius 1 is 1.64 bits per heavy atom. The van der Waals surface area contributed by atoms with E-state index < -0.39 is 25.5 Å². The number of hydrogen-bond acceptors (Lipinski definition) is 4. The number of rotatable bonds is 2. The van der Waals surface area contributed by atoms with Crippen molar-refractivity contribution >= 4 is 51.1 Å². The first-order valence-electron chi connectivity index (χ1n) is 3.13. The first-order chi connectivity index (χ1) is 6.18. The zero-order chi connectivity index (χ0) is 11.1. The molecular weight excluding hydrogens is 275 g/mol. The summed E-state index contributed by atoms with van der Waals surface area (Å²) in [5, 5.41) is 8.65. The van der Waals surface area contributed by atoms with Crippen LogP contribution < -0.4 is 0 Å². The molecule has 9 heteroatoms. The van der Waals surface area contributed by atoms with Gasteiger partial charge in [0.05, 0.1) is 4.36 Å². The molecule has 2 N–H and O–H groups in total. The average molecular weight is 279 g/mol. The molecule has 0 bridgehead atoms. The summed E-state index contributed by atoms with van der Waals surface area (Å²) in [6.07, 6.45) is 0.968. The van der Waals surface area contributed by atoms with Crippen molar-refractivity contribution in [2.24, 2.45) is 5.92 Å². The van der Waals surface area contributed by atoms with Gasteiger partial charge in [0.1, 0.15) is 5.92 Å². The third-order valence-electron chi connectivity index (χ3n) is 1.52. The van der Waals surface area contributed by atoms with Crippen LogP contribution in [0.4, 0.5) is 0 Å². The van der Waals surface area contributed by atoms with Gasteiger partial charge in [-0.3, -0.25) is 9.35 Å². The number of carboxylic acids is 1. The molecule has 80 valence electrons. The van der Waals surface area contributed by atoms with Crippen LogP contribution in [0.25, 0.3) is 0 Å². The summed E-state index contributed by atoms with van der Waals surface area (Å²) < 4.78 is 28.1. The van der Waals surface area contributed by atoms with Crippen LogP contribution in [0, 0.1) is 5.92 Å². The van der Waals surface area contributed by atoms with Crippen molar-refractivity contribution in [1.82, 2.24) is 0 Å². The fraction of sp³-hybridized carbons (Fsp3) is 0.400. The van der Waals surface area contributed by atoms with E-state index >= 15 is 0 Å². The van der Waals surface area contributed by atoms with Crippen LogP contribution in [0.1, 0.15) is 0 Å². The lowest BCUT2D eigenvalue weighted by molar-refractivity contribution is -0.139.